The van der Waals surface area contributed by atoms with Crippen molar-refractivity contribution in [1.29, 1.82) is 0 Å². The van der Waals surface area contributed by atoms with Crippen LogP contribution in [-0.4, -0.2) is 22.2 Å². The lowest BCUT2D eigenvalue weighted by molar-refractivity contribution is 0.102. The van der Waals surface area contributed by atoms with Crippen LogP contribution in [0.2, 0.25) is 0 Å². The molecule has 0 atom stereocenters. The van der Waals surface area contributed by atoms with Crippen LogP contribution in [0.5, 0.6) is 0 Å². The molecule has 2 rings (SSSR count). The third kappa shape index (κ3) is 3.07. The van der Waals surface area contributed by atoms with E-state index in [0.717, 1.165) is 16.1 Å². The first-order valence-corrected chi connectivity index (χ1v) is 6.94. The van der Waals surface area contributed by atoms with Gasteiger partial charge in [0.05, 0.1) is 22.0 Å². The molecule has 1 amide bonds. The van der Waals surface area contributed by atoms with Gasteiger partial charge in [0.1, 0.15) is 5.82 Å². The maximum atomic E-state index is 12.2. The van der Waals surface area contributed by atoms with E-state index in [-0.39, 0.29) is 5.91 Å². The molecular weight excluding hydrogens is 272 g/mol. The van der Waals surface area contributed by atoms with E-state index in [1.54, 1.807) is 11.7 Å². The molecule has 104 valence electrons. The molecule has 0 spiro atoms. The number of nitrogens with two attached hydrogens (primary N) is 1. The van der Waals surface area contributed by atoms with Gasteiger partial charge in [-0.05, 0) is 25.5 Å². The van der Waals surface area contributed by atoms with Gasteiger partial charge in [-0.15, -0.1) is 11.3 Å². The number of nitrogens with zero attached hydrogens (tertiary/aromatic N) is 2. The first-order chi connectivity index (χ1) is 9.51. The van der Waals surface area contributed by atoms with Gasteiger partial charge in [-0.2, -0.15) is 5.10 Å². The second kappa shape index (κ2) is 5.90. The fraction of sp³-hybridized carbons (Fsp3) is 0.286. The Balaban J connectivity index is 2.19. The van der Waals surface area contributed by atoms with Crippen molar-refractivity contribution >= 4 is 23.1 Å². The summed E-state index contributed by atoms with van der Waals surface area (Å²) >= 11 is 1.37. The van der Waals surface area contributed by atoms with Gasteiger partial charge in [0, 0.05) is 13.1 Å². The van der Waals surface area contributed by atoms with Crippen molar-refractivity contribution in [1.82, 2.24) is 9.78 Å². The summed E-state index contributed by atoms with van der Waals surface area (Å²) < 4.78 is 1.64. The van der Waals surface area contributed by atoms with Gasteiger partial charge in [0.25, 0.3) is 5.91 Å². The monoisotopic (exact) mass is 288 g/mol. The fourth-order valence-corrected chi connectivity index (χ4v) is 2.70. The number of carbonyl (C=O) groups excluding carboxylic acids is 1. The topological polar surface area (TPSA) is 72.9 Å². The fourth-order valence-electron chi connectivity index (χ4n) is 1.75. The predicted octanol–water partition coefficient (Wildman–Crippen LogP) is 1.66. The molecule has 5 nitrogen and oxygen atoms in total. The van der Waals surface area contributed by atoms with E-state index in [9.17, 15) is 4.79 Å². The summed E-state index contributed by atoms with van der Waals surface area (Å²) in [4.78, 5) is 13.7. The number of anilines is 1. The average Bonchev–Trinajstić information content (AvgIpc) is 2.90. The Kier molecular flexibility index (Phi) is 4.23. The number of amides is 1. The Hall–Kier alpha value is -2.10. The van der Waals surface area contributed by atoms with Crippen molar-refractivity contribution in [3.05, 3.63) is 33.1 Å². The summed E-state index contributed by atoms with van der Waals surface area (Å²) in [5, 5.41) is 7.03. The summed E-state index contributed by atoms with van der Waals surface area (Å²) in [5.74, 6) is 6.30. The first-order valence-electron chi connectivity index (χ1n) is 6.12. The Bertz CT molecular complexity index is 703. The van der Waals surface area contributed by atoms with Crippen molar-refractivity contribution < 1.29 is 4.79 Å². The Labute approximate surface area is 121 Å². The van der Waals surface area contributed by atoms with E-state index in [0.29, 0.717) is 17.2 Å². The van der Waals surface area contributed by atoms with E-state index in [4.69, 9.17) is 5.73 Å². The van der Waals surface area contributed by atoms with Crippen LogP contribution in [0, 0.1) is 25.7 Å². The normalized spacial score (nSPS) is 10.0. The zero-order valence-electron chi connectivity index (χ0n) is 11.7. The van der Waals surface area contributed by atoms with Crippen LogP contribution in [-0.2, 0) is 7.05 Å². The summed E-state index contributed by atoms with van der Waals surface area (Å²) in [6, 6.07) is 3.66. The molecule has 0 aliphatic carbocycles. The zero-order chi connectivity index (χ0) is 14.7. The SMILES string of the molecule is Cc1cc(NC(=O)c2cc(C)c(C#CCN)s2)n(C)n1. The van der Waals surface area contributed by atoms with Crippen LogP contribution in [0.25, 0.3) is 0 Å². The van der Waals surface area contributed by atoms with Gasteiger partial charge in [-0.25, -0.2) is 0 Å². The van der Waals surface area contributed by atoms with Crippen molar-refractivity contribution in [2.75, 3.05) is 11.9 Å². The Morgan fingerprint density at radius 3 is 2.85 bits per heavy atom. The second-order valence-corrected chi connectivity index (χ2v) is 5.43. The average molecular weight is 288 g/mol. The Morgan fingerprint density at radius 1 is 1.50 bits per heavy atom. The van der Waals surface area contributed by atoms with Gasteiger partial charge >= 0.3 is 0 Å². The predicted molar refractivity (Wildman–Crippen MR) is 80.9 cm³/mol. The summed E-state index contributed by atoms with van der Waals surface area (Å²) in [6.07, 6.45) is 0. The van der Waals surface area contributed by atoms with Gasteiger partial charge in [-0.3, -0.25) is 9.48 Å². The molecule has 3 N–H and O–H groups in total. The van der Waals surface area contributed by atoms with Crippen molar-refractivity contribution in [3.63, 3.8) is 0 Å². The van der Waals surface area contributed by atoms with E-state index >= 15 is 0 Å². The van der Waals surface area contributed by atoms with E-state index in [2.05, 4.69) is 22.3 Å². The minimum atomic E-state index is -0.151. The highest BCUT2D eigenvalue weighted by molar-refractivity contribution is 7.14. The van der Waals surface area contributed by atoms with Gasteiger partial charge < -0.3 is 11.1 Å². The lowest BCUT2D eigenvalue weighted by Gasteiger charge is -2.02. The van der Waals surface area contributed by atoms with Crippen LogP contribution >= 0.6 is 11.3 Å². The first kappa shape index (κ1) is 14.3. The molecule has 0 unspecified atom stereocenters. The minimum absolute atomic E-state index is 0.151. The molecule has 0 radical (unpaired) electrons. The summed E-state index contributed by atoms with van der Waals surface area (Å²) in [6.45, 7) is 4.13. The van der Waals surface area contributed by atoms with Gasteiger partial charge in [-0.1, -0.05) is 11.8 Å². The van der Waals surface area contributed by atoms with Crippen LogP contribution in [0.4, 0.5) is 5.82 Å². The highest BCUT2D eigenvalue weighted by Crippen LogP contribution is 2.22. The molecule has 2 aromatic rings. The molecular formula is C14H16N4OS. The molecule has 0 saturated heterocycles. The lowest BCUT2D eigenvalue weighted by Crippen LogP contribution is -2.13. The number of nitrogens with one attached hydrogen (secondary N) is 1. The Morgan fingerprint density at radius 2 is 2.25 bits per heavy atom. The summed E-state index contributed by atoms with van der Waals surface area (Å²) in [7, 11) is 1.79. The number of aryl methyl sites for hydroxylation is 3. The van der Waals surface area contributed by atoms with Gasteiger partial charge in [0.2, 0.25) is 0 Å². The molecule has 2 aromatic heterocycles. The standard InChI is InChI=1S/C14H16N4OS/c1-9-7-12(20-11(9)5-4-6-15)14(19)16-13-8-10(2)17-18(13)3/h7-8H,6,15H2,1-3H3,(H,16,19). The molecule has 0 fully saturated rings. The largest absolute Gasteiger partial charge is 0.320 e. The lowest BCUT2D eigenvalue weighted by atomic mass is 10.2. The molecule has 0 saturated carbocycles. The number of hydrogen-bond donors (Lipinski definition) is 2. The molecule has 0 aliphatic heterocycles. The van der Waals surface area contributed by atoms with Crippen molar-refractivity contribution in [3.8, 4) is 11.8 Å². The van der Waals surface area contributed by atoms with E-state index in [1.165, 1.54) is 11.3 Å². The van der Waals surface area contributed by atoms with Gasteiger partial charge in [0.15, 0.2) is 0 Å². The van der Waals surface area contributed by atoms with E-state index < -0.39 is 0 Å². The zero-order valence-corrected chi connectivity index (χ0v) is 12.5. The molecule has 6 heteroatoms. The smallest absolute Gasteiger partial charge is 0.266 e. The molecule has 2 heterocycles. The molecule has 20 heavy (non-hydrogen) atoms. The third-order valence-corrected chi connectivity index (χ3v) is 3.84. The van der Waals surface area contributed by atoms with Crippen LogP contribution in [0.1, 0.15) is 25.8 Å². The minimum Gasteiger partial charge on any atom is -0.320 e. The molecule has 0 bridgehead atoms. The van der Waals surface area contributed by atoms with Crippen LogP contribution < -0.4 is 11.1 Å². The van der Waals surface area contributed by atoms with E-state index in [1.807, 2.05) is 26.0 Å². The number of thiophene rings is 1. The number of rotatable bonds is 2. The quantitative estimate of drug-likeness (QED) is 0.825. The van der Waals surface area contributed by atoms with Crippen LogP contribution in [0.3, 0.4) is 0 Å². The molecule has 0 aromatic carbocycles. The van der Waals surface area contributed by atoms with Crippen molar-refractivity contribution in [2.24, 2.45) is 12.8 Å². The summed E-state index contributed by atoms with van der Waals surface area (Å²) in [5.41, 5.74) is 7.21. The maximum Gasteiger partial charge on any atom is 0.266 e. The van der Waals surface area contributed by atoms with Crippen LogP contribution in [0.15, 0.2) is 12.1 Å². The maximum absolute atomic E-state index is 12.2. The third-order valence-electron chi connectivity index (χ3n) is 2.69. The number of carbonyl (C=O) groups is 1. The number of hydrogen-bond acceptors (Lipinski definition) is 4. The highest BCUT2D eigenvalue weighted by Gasteiger charge is 2.13. The number of aromatic nitrogens is 2. The highest BCUT2D eigenvalue weighted by atomic mass is 32.1. The second-order valence-electron chi connectivity index (χ2n) is 4.38. The van der Waals surface area contributed by atoms with Crippen molar-refractivity contribution in [2.45, 2.75) is 13.8 Å². The molecule has 0 aliphatic rings.